The summed E-state index contributed by atoms with van der Waals surface area (Å²) in [5.41, 5.74) is -0.766. The number of aliphatic hydroxyl groups excluding tert-OH is 1. The third-order valence-electron chi connectivity index (χ3n) is 2.78. The Bertz CT molecular complexity index is 263. The van der Waals surface area contributed by atoms with Gasteiger partial charge in [0.2, 0.25) is 5.91 Å². The van der Waals surface area contributed by atoms with Crippen molar-refractivity contribution in [2.45, 2.75) is 38.4 Å². The van der Waals surface area contributed by atoms with Crippen LogP contribution in [0.5, 0.6) is 0 Å². The topological polar surface area (TPSA) is 64.0 Å². The highest BCUT2D eigenvalue weighted by molar-refractivity contribution is 5.78. The van der Waals surface area contributed by atoms with E-state index in [0.717, 1.165) is 13.0 Å². The number of likely N-dealkylation sites (N-methyl/N-ethyl adjacent to an activating group) is 1. The van der Waals surface area contributed by atoms with Gasteiger partial charge < -0.3 is 20.0 Å². The molecule has 0 aromatic carbocycles. The van der Waals surface area contributed by atoms with Crippen molar-refractivity contribution in [3.63, 3.8) is 0 Å². The Balaban J connectivity index is 2.29. The zero-order chi connectivity index (χ0) is 13.1. The Morgan fingerprint density at radius 3 is 2.65 bits per heavy atom. The van der Waals surface area contributed by atoms with Crippen molar-refractivity contribution in [3.05, 3.63) is 0 Å². The number of hydrogen-bond acceptors (Lipinski definition) is 4. The average molecular weight is 244 g/mol. The summed E-state index contributed by atoms with van der Waals surface area (Å²) in [5.74, 6) is 0.134. The van der Waals surface area contributed by atoms with Gasteiger partial charge in [0.05, 0.1) is 11.7 Å². The zero-order valence-electron chi connectivity index (χ0n) is 11.0. The number of likely N-dealkylation sites (tertiary alicyclic amines) is 1. The van der Waals surface area contributed by atoms with E-state index in [4.69, 9.17) is 0 Å². The summed E-state index contributed by atoms with van der Waals surface area (Å²) in [5, 5.41) is 19.5. The molecule has 0 spiro atoms. The summed E-state index contributed by atoms with van der Waals surface area (Å²) in [4.78, 5) is 15.0. The molecule has 0 aliphatic carbocycles. The summed E-state index contributed by atoms with van der Waals surface area (Å²) >= 11 is 0. The van der Waals surface area contributed by atoms with Gasteiger partial charge in [-0.3, -0.25) is 4.79 Å². The highest BCUT2D eigenvalue weighted by atomic mass is 16.3. The van der Waals surface area contributed by atoms with Crippen LogP contribution in [0.3, 0.4) is 0 Å². The molecular weight excluding hydrogens is 220 g/mol. The second-order valence-electron chi connectivity index (χ2n) is 5.61. The first kappa shape index (κ1) is 14.4. The lowest BCUT2D eigenvalue weighted by atomic mass is 10.1. The molecule has 17 heavy (non-hydrogen) atoms. The Kier molecular flexibility index (Phi) is 4.91. The highest BCUT2D eigenvalue weighted by Crippen LogP contribution is 2.10. The maximum atomic E-state index is 11.4. The fourth-order valence-electron chi connectivity index (χ4n) is 2.29. The second-order valence-corrected chi connectivity index (χ2v) is 5.61. The Morgan fingerprint density at radius 1 is 1.53 bits per heavy atom. The van der Waals surface area contributed by atoms with Crippen LogP contribution in [0, 0.1) is 0 Å². The standard InChI is InChI=1S/C12H24N2O3/c1-12(2,17)9-13(3)7-10(15)8-14-6-4-5-11(14)16/h10,15,17H,4-9H2,1-3H3. The maximum absolute atomic E-state index is 11.4. The van der Waals surface area contributed by atoms with Crippen molar-refractivity contribution in [1.82, 2.24) is 9.80 Å². The summed E-state index contributed by atoms with van der Waals surface area (Å²) < 4.78 is 0. The van der Waals surface area contributed by atoms with Crippen molar-refractivity contribution < 1.29 is 15.0 Å². The first-order chi connectivity index (χ1) is 7.78. The Hall–Kier alpha value is -0.650. The normalized spacial score (nSPS) is 19.2. The second kappa shape index (κ2) is 5.80. The van der Waals surface area contributed by atoms with Crippen LogP contribution >= 0.6 is 0 Å². The van der Waals surface area contributed by atoms with Gasteiger partial charge in [-0.2, -0.15) is 0 Å². The molecule has 5 nitrogen and oxygen atoms in total. The quantitative estimate of drug-likeness (QED) is 0.672. The molecule has 1 unspecified atom stereocenters. The van der Waals surface area contributed by atoms with Gasteiger partial charge in [0.1, 0.15) is 0 Å². The van der Waals surface area contributed by atoms with Gasteiger partial charge in [0.25, 0.3) is 0 Å². The largest absolute Gasteiger partial charge is 0.390 e. The Morgan fingerprint density at radius 2 is 2.18 bits per heavy atom. The molecule has 0 saturated carbocycles. The lowest BCUT2D eigenvalue weighted by Gasteiger charge is -2.28. The number of β-amino-alcohol motifs (C(OH)–C–C–N with tert-alkyl or cyclic N) is 1. The third-order valence-corrected chi connectivity index (χ3v) is 2.78. The first-order valence-electron chi connectivity index (χ1n) is 6.15. The van der Waals surface area contributed by atoms with E-state index in [1.165, 1.54) is 0 Å². The SMILES string of the molecule is CN(CC(O)CN1CCCC1=O)CC(C)(C)O. The molecule has 1 saturated heterocycles. The van der Waals surface area contributed by atoms with Crippen molar-refractivity contribution >= 4 is 5.91 Å². The molecule has 1 aliphatic rings. The summed E-state index contributed by atoms with van der Waals surface area (Å²) in [6.07, 6.45) is 0.946. The van der Waals surface area contributed by atoms with Crippen LogP contribution in [-0.4, -0.2) is 70.9 Å². The van der Waals surface area contributed by atoms with E-state index in [2.05, 4.69) is 0 Å². The fourth-order valence-corrected chi connectivity index (χ4v) is 2.29. The molecule has 1 fully saturated rings. The predicted octanol–water partition coefficient (Wildman–Crippen LogP) is -0.328. The maximum Gasteiger partial charge on any atom is 0.222 e. The molecule has 5 heteroatoms. The zero-order valence-corrected chi connectivity index (χ0v) is 11.0. The molecule has 1 amide bonds. The van der Waals surface area contributed by atoms with Crippen molar-refractivity contribution in [3.8, 4) is 0 Å². The number of aliphatic hydroxyl groups is 2. The van der Waals surface area contributed by atoms with Crippen LogP contribution in [0.1, 0.15) is 26.7 Å². The molecule has 0 radical (unpaired) electrons. The van der Waals surface area contributed by atoms with Crippen LogP contribution in [-0.2, 0) is 4.79 Å². The lowest BCUT2D eigenvalue weighted by molar-refractivity contribution is -0.129. The van der Waals surface area contributed by atoms with E-state index < -0.39 is 11.7 Å². The van der Waals surface area contributed by atoms with Crippen LogP contribution in [0.15, 0.2) is 0 Å². The minimum atomic E-state index is -0.766. The lowest BCUT2D eigenvalue weighted by Crippen LogP contribution is -2.43. The van der Waals surface area contributed by atoms with Gasteiger partial charge in [-0.25, -0.2) is 0 Å². The highest BCUT2D eigenvalue weighted by Gasteiger charge is 2.24. The van der Waals surface area contributed by atoms with E-state index in [0.29, 0.717) is 26.1 Å². The molecule has 1 aliphatic heterocycles. The number of amides is 1. The van der Waals surface area contributed by atoms with E-state index in [-0.39, 0.29) is 5.91 Å². The number of carbonyl (C=O) groups is 1. The van der Waals surface area contributed by atoms with Gasteiger partial charge in [-0.05, 0) is 27.3 Å². The van der Waals surface area contributed by atoms with E-state index in [1.54, 1.807) is 18.7 Å². The first-order valence-corrected chi connectivity index (χ1v) is 6.15. The molecule has 2 N–H and O–H groups in total. The van der Waals surface area contributed by atoms with Gasteiger partial charge in [0.15, 0.2) is 0 Å². The summed E-state index contributed by atoms with van der Waals surface area (Å²) in [6.45, 7) is 5.59. The van der Waals surface area contributed by atoms with Crippen LogP contribution in [0.25, 0.3) is 0 Å². The van der Waals surface area contributed by atoms with Crippen molar-refractivity contribution in [2.75, 3.05) is 33.2 Å². The third kappa shape index (κ3) is 5.48. The van der Waals surface area contributed by atoms with Crippen molar-refractivity contribution in [2.24, 2.45) is 0 Å². The van der Waals surface area contributed by atoms with Crippen LogP contribution in [0.4, 0.5) is 0 Å². The molecule has 0 aromatic rings. The average Bonchev–Trinajstić information content (AvgIpc) is 2.47. The minimum Gasteiger partial charge on any atom is -0.390 e. The molecule has 100 valence electrons. The molecular formula is C12H24N2O3. The molecule has 1 heterocycles. The van der Waals surface area contributed by atoms with Gasteiger partial charge in [-0.1, -0.05) is 0 Å². The van der Waals surface area contributed by atoms with E-state index in [1.807, 2.05) is 11.9 Å². The number of hydrogen-bond donors (Lipinski definition) is 2. The van der Waals surface area contributed by atoms with Crippen molar-refractivity contribution in [1.29, 1.82) is 0 Å². The summed E-state index contributed by atoms with van der Waals surface area (Å²) in [6, 6.07) is 0. The summed E-state index contributed by atoms with van der Waals surface area (Å²) in [7, 11) is 1.85. The number of rotatable bonds is 6. The predicted molar refractivity (Wildman–Crippen MR) is 65.6 cm³/mol. The fraction of sp³-hybridized carbons (Fsp3) is 0.917. The number of nitrogens with zero attached hydrogens (tertiary/aromatic N) is 2. The number of carbonyl (C=O) groups excluding carboxylic acids is 1. The molecule has 0 bridgehead atoms. The van der Waals surface area contributed by atoms with E-state index in [9.17, 15) is 15.0 Å². The van der Waals surface area contributed by atoms with Gasteiger partial charge in [0, 0.05) is 32.6 Å². The minimum absolute atomic E-state index is 0.134. The van der Waals surface area contributed by atoms with Gasteiger partial charge in [-0.15, -0.1) is 0 Å². The Labute approximate surface area is 103 Å². The molecule has 1 rings (SSSR count). The molecule has 1 atom stereocenters. The monoisotopic (exact) mass is 244 g/mol. The molecule has 0 aromatic heterocycles. The van der Waals surface area contributed by atoms with Gasteiger partial charge >= 0.3 is 0 Å². The smallest absolute Gasteiger partial charge is 0.222 e. The van der Waals surface area contributed by atoms with Crippen LogP contribution < -0.4 is 0 Å². The van der Waals surface area contributed by atoms with Crippen LogP contribution in [0.2, 0.25) is 0 Å². The van der Waals surface area contributed by atoms with E-state index >= 15 is 0 Å².